The first-order valence-electron chi connectivity index (χ1n) is 5.77. The van der Waals surface area contributed by atoms with Crippen molar-refractivity contribution in [2.45, 2.75) is 52.7 Å². The second kappa shape index (κ2) is 5.41. The van der Waals surface area contributed by atoms with Crippen LogP contribution in [-0.2, 0) is 13.7 Å². The highest BCUT2D eigenvalue weighted by molar-refractivity contribution is 7.93. The second-order valence-electron chi connectivity index (χ2n) is 5.46. The molecule has 0 aliphatic carbocycles. The van der Waals surface area contributed by atoms with Crippen LogP contribution in [-0.4, -0.2) is 24.4 Å². The zero-order valence-electron chi connectivity index (χ0n) is 10.8. The molecule has 1 heterocycles. The van der Waals surface area contributed by atoms with Crippen LogP contribution in [0, 0.1) is 11.3 Å². The molecule has 1 aliphatic rings. The average molecular weight is 246 g/mol. The maximum atomic E-state index is 11.6. The van der Waals surface area contributed by atoms with Crippen LogP contribution in [0.25, 0.3) is 0 Å². The summed E-state index contributed by atoms with van der Waals surface area (Å²) in [6.07, 6.45) is 3.51. The topological polar surface area (TPSA) is 35.5 Å². The quantitative estimate of drug-likeness (QED) is 0.552. The minimum atomic E-state index is -0.359. The lowest BCUT2D eigenvalue weighted by Gasteiger charge is -2.23. The summed E-state index contributed by atoms with van der Waals surface area (Å²) in [6, 6.07) is 0. The highest BCUT2D eigenvalue weighted by Crippen LogP contribution is 2.37. The molecule has 2 unspecified atom stereocenters. The van der Waals surface area contributed by atoms with Crippen LogP contribution >= 0.6 is 12.0 Å². The monoisotopic (exact) mass is 246 g/mol. The van der Waals surface area contributed by atoms with E-state index in [1.54, 1.807) is 0 Å². The molecule has 94 valence electrons. The largest absolute Gasteiger partial charge is 0.459 e. The van der Waals surface area contributed by atoms with E-state index in [4.69, 9.17) is 8.92 Å². The van der Waals surface area contributed by atoms with E-state index in [9.17, 15) is 4.79 Å². The predicted molar refractivity (Wildman–Crippen MR) is 66.1 cm³/mol. The van der Waals surface area contributed by atoms with Gasteiger partial charge in [0.1, 0.15) is 12.2 Å². The molecule has 1 aliphatic heterocycles. The Morgan fingerprint density at radius 2 is 2.19 bits per heavy atom. The molecule has 1 rings (SSSR count). The highest BCUT2D eigenvalue weighted by Gasteiger charge is 2.45. The Kier molecular flexibility index (Phi) is 4.68. The zero-order valence-corrected chi connectivity index (χ0v) is 11.6. The van der Waals surface area contributed by atoms with Gasteiger partial charge in [-0.3, -0.25) is 4.79 Å². The molecule has 2 atom stereocenters. The summed E-state index contributed by atoms with van der Waals surface area (Å²) in [6.45, 7) is 8.17. The van der Waals surface area contributed by atoms with Crippen molar-refractivity contribution in [1.82, 2.24) is 0 Å². The van der Waals surface area contributed by atoms with Crippen molar-refractivity contribution in [2.75, 3.05) is 6.26 Å². The lowest BCUT2D eigenvalue weighted by atomic mass is 9.87. The third-order valence-corrected chi connectivity index (χ3v) is 3.30. The minimum absolute atomic E-state index is 0.0146. The lowest BCUT2D eigenvalue weighted by molar-refractivity contribution is -0.150. The van der Waals surface area contributed by atoms with E-state index in [0.717, 1.165) is 12.8 Å². The van der Waals surface area contributed by atoms with Crippen molar-refractivity contribution in [3.63, 3.8) is 0 Å². The Hall–Kier alpha value is -0.220. The summed E-state index contributed by atoms with van der Waals surface area (Å²) in [5, 5.41) is 0. The maximum absolute atomic E-state index is 11.6. The molecule has 0 amide bonds. The van der Waals surface area contributed by atoms with Gasteiger partial charge in [-0.2, -0.15) is 0 Å². The van der Waals surface area contributed by atoms with Gasteiger partial charge in [0.25, 0.3) is 0 Å². The highest BCUT2D eigenvalue weighted by atomic mass is 32.2. The Morgan fingerprint density at radius 3 is 2.56 bits per heavy atom. The van der Waals surface area contributed by atoms with Gasteiger partial charge in [0.2, 0.25) is 0 Å². The number of ether oxygens (including phenoxy) is 1. The maximum Gasteiger partial charge on any atom is 0.312 e. The number of esters is 1. The summed E-state index contributed by atoms with van der Waals surface area (Å²) in [4.78, 5) is 11.6. The molecule has 0 bridgehead atoms. The molecule has 3 nitrogen and oxygen atoms in total. The van der Waals surface area contributed by atoms with Gasteiger partial charge >= 0.3 is 5.97 Å². The van der Waals surface area contributed by atoms with E-state index in [0.29, 0.717) is 5.92 Å². The van der Waals surface area contributed by atoms with E-state index in [2.05, 4.69) is 13.8 Å². The fraction of sp³-hybridized carbons (Fsp3) is 0.917. The van der Waals surface area contributed by atoms with Gasteiger partial charge in [-0.1, -0.05) is 13.8 Å². The molecule has 0 N–H and O–H groups in total. The molecular weight excluding hydrogens is 224 g/mol. The normalized spacial score (nSPS) is 25.9. The molecule has 0 aromatic rings. The minimum Gasteiger partial charge on any atom is -0.459 e. The lowest BCUT2D eigenvalue weighted by Crippen LogP contribution is -2.28. The third-order valence-electron chi connectivity index (χ3n) is 2.86. The molecule has 0 radical (unpaired) electrons. The fourth-order valence-electron chi connectivity index (χ4n) is 1.97. The van der Waals surface area contributed by atoms with Gasteiger partial charge < -0.3 is 8.92 Å². The summed E-state index contributed by atoms with van der Waals surface area (Å²) < 4.78 is 11.0. The summed E-state index contributed by atoms with van der Waals surface area (Å²) in [5.74, 6) is 0.440. The number of cyclic esters (lactones) is 1. The molecule has 1 saturated heterocycles. The number of hydrogen-bond donors (Lipinski definition) is 0. The van der Waals surface area contributed by atoms with E-state index in [-0.39, 0.29) is 23.6 Å². The first-order valence-corrected chi connectivity index (χ1v) is 6.92. The Bertz CT molecular complexity index is 251. The second-order valence-corrected chi connectivity index (χ2v) is 5.99. The standard InChI is InChI=1S/C12H22O3S/c1-8(2)6-9(15-16-5)10-7-12(3,4)11(13)14-10/h8-10H,6-7H2,1-5H3. The van der Waals surface area contributed by atoms with E-state index in [1.165, 1.54) is 12.0 Å². The van der Waals surface area contributed by atoms with E-state index >= 15 is 0 Å². The molecular formula is C12H22O3S. The van der Waals surface area contributed by atoms with Crippen molar-refractivity contribution in [3.8, 4) is 0 Å². The van der Waals surface area contributed by atoms with Crippen molar-refractivity contribution in [1.29, 1.82) is 0 Å². The molecule has 4 heteroatoms. The molecule has 16 heavy (non-hydrogen) atoms. The first-order chi connectivity index (χ1) is 7.36. The van der Waals surface area contributed by atoms with Crippen LogP contribution in [0.2, 0.25) is 0 Å². The van der Waals surface area contributed by atoms with Crippen molar-refractivity contribution in [2.24, 2.45) is 11.3 Å². The van der Waals surface area contributed by atoms with Gasteiger partial charge in [-0.15, -0.1) is 0 Å². The average Bonchev–Trinajstić information content (AvgIpc) is 2.40. The Balaban J connectivity index is 2.63. The number of carbonyl (C=O) groups excluding carboxylic acids is 1. The van der Waals surface area contributed by atoms with Crippen molar-refractivity contribution < 1.29 is 13.7 Å². The fourth-order valence-corrected chi connectivity index (χ4v) is 2.42. The molecule has 0 aromatic heterocycles. The van der Waals surface area contributed by atoms with E-state index < -0.39 is 0 Å². The summed E-state index contributed by atoms with van der Waals surface area (Å²) in [5.41, 5.74) is -0.359. The van der Waals surface area contributed by atoms with Gasteiger partial charge in [0, 0.05) is 12.7 Å². The van der Waals surface area contributed by atoms with Crippen molar-refractivity contribution in [3.05, 3.63) is 0 Å². The van der Waals surface area contributed by atoms with E-state index in [1.807, 2.05) is 20.1 Å². The molecule has 0 spiro atoms. The van der Waals surface area contributed by atoms with Crippen LogP contribution in [0.3, 0.4) is 0 Å². The van der Waals surface area contributed by atoms with Crippen LogP contribution in [0.15, 0.2) is 0 Å². The number of carbonyl (C=O) groups is 1. The molecule has 0 saturated carbocycles. The SMILES string of the molecule is CSOC(CC(C)C)C1CC(C)(C)C(=O)O1. The van der Waals surface area contributed by atoms with Crippen LogP contribution < -0.4 is 0 Å². The molecule has 1 fully saturated rings. The number of hydrogen-bond acceptors (Lipinski definition) is 4. The van der Waals surface area contributed by atoms with Gasteiger partial charge in [-0.25, -0.2) is 0 Å². The molecule has 0 aromatic carbocycles. The summed E-state index contributed by atoms with van der Waals surface area (Å²) in [7, 11) is 0. The van der Waals surface area contributed by atoms with Crippen LogP contribution in [0.4, 0.5) is 0 Å². The number of rotatable bonds is 5. The Morgan fingerprint density at radius 1 is 1.56 bits per heavy atom. The Labute approximate surface area is 102 Å². The van der Waals surface area contributed by atoms with Gasteiger partial charge in [0.15, 0.2) is 0 Å². The predicted octanol–water partition coefficient (Wildman–Crippen LogP) is 3.04. The van der Waals surface area contributed by atoms with Gasteiger partial charge in [0.05, 0.1) is 5.41 Å². The van der Waals surface area contributed by atoms with Crippen LogP contribution in [0.5, 0.6) is 0 Å². The third kappa shape index (κ3) is 3.39. The zero-order chi connectivity index (χ0) is 12.3. The van der Waals surface area contributed by atoms with Crippen molar-refractivity contribution >= 4 is 18.0 Å². The summed E-state index contributed by atoms with van der Waals surface area (Å²) >= 11 is 1.35. The van der Waals surface area contributed by atoms with Gasteiger partial charge in [-0.05, 0) is 38.2 Å². The smallest absolute Gasteiger partial charge is 0.312 e. The van der Waals surface area contributed by atoms with Crippen LogP contribution in [0.1, 0.15) is 40.5 Å². The first kappa shape index (κ1) is 13.8.